The van der Waals surface area contributed by atoms with Crippen molar-refractivity contribution in [2.45, 2.75) is 45.1 Å². The van der Waals surface area contributed by atoms with Crippen molar-refractivity contribution < 1.29 is 19.0 Å². The third-order valence-corrected chi connectivity index (χ3v) is 4.46. The van der Waals surface area contributed by atoms with Crippen LogP contribution in [0.25, 0.3) is 0 Å². The molecule has 0 atom stereocenters. The predicted molar refractivity (Wildman–Crippen MR) is 96.1 cm³/mol. The van der Waals surface area contributed by atoms with E-state index in [1.165, 1.54) is 6.07 Å². The first-order valence-corrected chi connectivity index (χ1v) is 8.75. The second-order valence-corrected chi connectivity index (χ2v) is 7.14. The Hall–Kier alpha value is -2.58. The van der Waals surface area contributed by atoms with E-state index in [9.17, 15) is 14.8 Å². The zero-order chi connectivity index (χ0) is 18.7. The van der Waals surface area contributed by atoms with Crippen LogP contribution in [0, 0.1) is 17.1 Å². The average Bonchev–Trinajstić information content (AvgIpc) is 3.08. The van der Waals surface area contributed by atoms with E-state index in [2.05, 4.69) is 6.07 Å². The molecule has 0 amide bonds. The molecule has 4 nitrogen and oxygen atoms in total. The van der Waals surface area contributed by atoms with Crippen molar-refractivity contribution >= 4 is 0 Å². The van der Waals surface area contributed by atoms with Crippen molar-refractivity contribution in [1.82, 2.24) is 0 Å². The minimum absolute atomic E-state index is 0.182. The van der Waals surface area contributed by atoms with Crippen LogP contribution in [0.4, 0.5) is 4.39 Å². The number of benzene rings is 2. The molecule has 0 aliphatic heterocycles. The van der Waals surface area contributed by atoms with Crippen molar-refractivity contribution in [1.29, 1.82) is 5.26 Å². The fourth-order valence-corrected chi connectivity index (χ4v) is 3.05. The van der Waals surface area contributed by atoms with Crippen molar-refractivity contribution in [3.05, 3.63) is 52.8 Å². The van der Waals surface area contributed by atoms with E-state index in [0.29, 0.717) is 35.8 Å². The van der Waals surface area contributed by atoms with E-state index in [1.807, 2.05) is 0 Å². The van der Waals surface area contributed by atoms with Crippen molar-refractivity contribution in [2.75, 3.05) is 6.61 Å². The van der Waals surface area contributed by atoms with Crippen LogP contribution in [-0.2, 0) is 12.8 Å². The molecule has 0 saturated heterocycles. The molecule has 5 heteroatoms. The van der Waals surface area contributed by atoms with Crippen molar-refractivity contribution in [2.24, 2.45) is 0 Å². The van der Waals surface area contributed by atoms with Gasteiger partial charge in [-0.3, -0.25) is 0 Å². The van der Waals surface area contributed by atoms with Gasteiger partial charge in [0.25, 0.3) is 0 Å². The molecule has 1 aliphatic rings. The van der Waals surface area contributed by atoms with Crippen LogP contribution >= 0.6 is 0 Å². The molecule has 0 bridgehead atoms. The monoisotopic (exact) mass is 355 g/mol. The van der Waals surface area contributed by atoms with Gasteiger partial charge in [-0.1, -0.05) is 0 Å². The maximum Gasteiger partial charge on any atom is 0.137 e. The van der Waals surface area contributed by atoms with Gasteiger partial charge in [0.15, 0.2) is 0 Å². The number of fused-ring (bicyclic) bond motifs is 1. The molecule has 0 fully saturated rings. The number of hydrogen-bond acceptors (Lipinski definition) is 4. The van der Waals surface area contributed by atoms with Gasteiger partial charge in [0.2, 0.25) is 0 Å². The summed E-state index contributed by atoms with van der Waals surface area (Å²) < 4.78 is 25.4. The first-order chi connectivity index (χ1) is 12.4. The second kappa shape index (κ2) is 7.35. The highest BCUT2D eigenvalue weighted by atomic mass is 19.1. The fourth-order valence-electron chi connectivity index (χ4n) is 3.05. The first kappa shape index (κ1) is 18.2. The molecule has 26 heavy (non-hydrogen) atoms. The average molecular weight is 355 g/mol. The van der Waals surface area contributed by atoms with Gasteiger partial charge in [-0.25, -0.2) is 4.39 Å². The number of nitriles is 1. The van der Waals surface area contributed by atoms with Gasteiger partial charge in [-0.2, -0.15) is 5.26 Å². The Morgan fingerprint density at radius 3 is 2.62 bits per heavy atom. The number of aliphatic hydroxyl groups is 1. The van der Waals surface area contributed by atoms with E-state index in [0.717, 1.165) is 30.4 Å². The standard InChI is InChI=1S/C21H22FNO3/c1-21(2,24)10-11-25-19-8-6-15(12-14(19)13-23)26-20-9-7-18(22)16-4-3-5-17(16)20/h6-9,12,24H,3-5,10-11H2,1-2H3. The molecule has 0 aromatic heterocycles. The Kier molecular flexibility index (Phi) is 5.15. The Morgan fingerprint density at radius 1 is 1.15 bits per heavy atom. The zero-order valence-corrected chi connectivity index (χ0v) is 15.0. The van der Waals surface area contributed by atoms with E-state index in [-0.39, 0.29) is 5.82 Å². The largest absolute Gasteiger partial charge is 0.492 e. The van der Waals surface area contributed by atoms with E-state index < -0.39 is 5.60 Å². The Balaban J connectivity index is 1.76. The summed E-state index contributed by atoms with van der Waals surface area (Å²) in [6.45, 7) is 3.73. The van der Waals surface area contributed by atoms with Gasteiger partial charge in [0.1, 0.15) is 29.1 Å². The highest BCUT2D eigenvalue weighted by Gasteiger charge is 2.20. The minimum Gasteiger partial charge on any atom is -0.492 e. The first-order valence-electron chi connectivity index (χ1n) is 8.75. The lowest BCUT2D eigenvalue weighted by Crippen LogP contribution is -2.21. The lowest BCUT2D eigenvalue weighted by atomic mass is 10.1. The summed E-state index contributed by atoms with van der Waals surface area (Å²) in [5, 5.41) is 19.1. The lowest BCUT2D eigenvalue weighted by molar-refractivity contribution is 0.0553. The number of ether oxygens (including phenoxy) is 2. The second-order valence-electron chi connectivity index (χ2n) is 7.14. The van der Waals surface area contributed by atoms with Gasteiger partial charge >= 0.3 is 0 Å². The van der Waals surface area contributed by atoms with Crippen LogP contribution in [0.15, 0.2) is 30.3 Å². The van der Waals surface area contributed by atoms with Crippen LogP contribution in [0.1, 0.15) is 43.4 Å². The van der Waals surface area contributed by atoms with Crippen LogP contribution in [-0.4, -0.2) is 17.3 Å². The van der Waals surface area contributed by atoms with E-state index in [1.54, 1.807) is 38.1 Å². The van der Waals surface area contributed by atoms with Crippen LogP contribution in [0.3, 0.4) is 0 Å². The molecule has 0 spiro atoms. The summed E-state index contributed by atoms with van der Waals surface area (Å²) in [6.07, 6.45) is 2.91. The molecule has 0 heterocycles. The maximum absolute atomic E-state index is 13.9. The Labute approximate surface area is 152 Å². The molecule has 0 radical (unpaired) electrons. The SMILES string of the molecule is CC(C)(O)CCOc1ccc(Oc2ccc(F)c3c2CCC3)cc1C#N. The molecular weight excluding hydrogens is 333 g/mol. The molecule has 3 rings (SSSR count). The summed E-state index contributed by atoms with van der Waals surface area (Å²) in [7, 11) is 0. The molecule has 0 saturated carbocycles. The molecule has 1 N–H and O–H groups in total. The summed E-state index contributed by atoms with van der Waals surface area (Å²) in [5.74, 6) is 1.42. The van der Waals surface area contributed by atoms with Crippen molar-refractivity contribution in [3.8, 4) is 23.3 Å². The smallest absolute Gasteiger partial charge is 0.137 e. The third kappa shape index (κ3) is 4.14. The van der Waals surface area contributed by atoms with Crippen LogP contribution in [0.5, 0.6) is 17.2 Å². The summed E-state index contributed by atoms with van der Waals surface area (Å²) in [4.78, 5) is 0. The Bertz CT molecular complexity index is 850. The van der Waals surface area contributed by atoms with E-state index in [4.69, 9.17) is 9.47 Å². The number of hydrogen-bond donors (Lipinski definition) is 1. The summed E-state index contributed by atoms with van der Waals surface area (Å²) in [6, 6.07) is 10.2. The van der Waals surface area contributed by atoms with Gasteiger partial charge in [-0.15, -0.1) is 0 Å². The zero-order valence-electron chi connectivity index (χ0n) is 15.0. The number of halogens is 1. The van der Waals surface area contributed by atoms with Gasteiger partial charge < -0.3 is 14.6 Å². The molecule has 2 aromatic rings. The van der Waals surface area contributed by atoms with E-state index >= 15 is 0 Å². The normalized spacial score (nSPS) is 13.2. The lowest BCUT2D eigenvalue weighted by Gasteiger charge is -2.17. The van der Waals surface area contributed by atoms with Crippen LogP contribution < -0.4 is 9.47 Å². The number of rotatable bonds is 6. The van der Waals surface area contributed by atoms with Gasteiger partial charge in [-0.05, 0) is 62.9 Å². The topological polar surface area (TPSA) is 62.5 Å². The summed E-state index contributed by atoms with van der Waals surface area (Å²) >= 11 is 0. The molecule has 1 aliphatic carbocycles. The molecule has 0 unspecified atom stereocenters. The molecule has 136 valence electrons. The number of nitrogens with zero attached hydrogens (tertiary/aromatic N) is 1. The maximum atomic E-state index is 13.9. The van der Waals surface area contributed by atoms with Gasteiger partial charge in [0.05, 0.1) is 17.8 Å². The fraction of sp³-hybridized carbons (Fsp3) is 0.381. The third-order valence-electron chi connectivity index (χ3n) is 4.46. The highest BCUT2D eigenvalue weighted by Crippen LogP contribution is 2.36. The highest BCUT2D eigenvalue weighted by molar-refractivity contribution is 5.50. The predicted octanol–water partition coefficient (Wildman–Crippen LogP) is 4.52. The molecular formula is C21H22FNO3. The molecule has 2 aromatic carbocycles. The minimum atomic E-state index is -0.821. The van der Waals surface area contributed by atoms with Crippen LogP contribution in [0.2, 0.25) is 0 Å². The Morgan fingerprint density at radius 2 is 1.88 bits per heavy atom. The quantitative estimate of drug-likeness (QED) is 0.828. The summed E-state index contributed by atoms with van der Waals surface area (Å²) in [5.41, 5.74) is 1.18. The van der Waals surface area contributed by atoms with Crippen molar-refractivity contribution in [3.63, 3.8) is 0 Å². The van der Waals surface area contributed by atoms with Gasteiger partial charge in [0, 0.05) is 18.1 Å².